The summed E-state index contributed by atoms with van der Waals surface area (Å²) < 4.78 is 0. The van der Waals surface area contributed by atoms with Gasteiger partial charge in [0.1, 0.15) is 6.04 Å². The molecule has 0 spiro atoms. The van der Waals surface area contributed by atoms with Gasteiger partial charge in [0.05, 0.1) is 16.8 Å². The molecular weight excluding hydrogens is 450 g/mol. The Morgan fingerprint density at radius 3 is 2.14 bits per heavy atom. The van der Waals surface area contributed by atoms with Crippen molar-refractivity contribution in [1.29, 1.82) is 0 Å². The molecule has 182 valence electrons. The molecule has 2 aromatic carbocycles. The molecule has 4 atom stereocenters. The Morgan fingerprint density at radius 1 is 0.971 bits per heavy atom. The van der Waals surface area contributed by atoms with E-state index in [4.69, 9.17) is 0 Å². The highest BCUT2D eigenvalue weighted by molar-refractivity contribution is 6.10. The summed E-state index contributed by atoms with van der Waals surface area (Å²) in [6, 6.07) is 10.5. The Morgan fingerprint density at radius 2 is 1.54 bits per heavy atom. The molecule has 2 aromatic rings. The molecule has 2 fully saturated rings. The van der Waals surface area contributed by atoms with E-state index >= 15 is 0 Å². The minimum atomic E-state index is -1.16. The van der Waals surface area contributed by atoms with Gasteiger partial charge in [-0.05, 0) is 51.2 Å². The topological polar surface area (TPSA) is 118 Å². The number of amides is 3. The van der Waals surface area contributed by atoms with Gasteiger partial charge in [-0.1, -0.05) is 36.8 Å². The fraction of sp³-hybridized carbons (Fsp3) is 0.385. The molecule has 0 unspecified atom stereocenters. The Labute approximate surface area is 202 Å². The van der Waals surface area contributed by atoms with Crippen LogP contribution < -0.4 is 0 Å². The van der Waals surface area contributed by atoms with E-state index in [1.54, 1.807) is 24.3 Å². The minimum absolute atomic E-state index is 0.0306. The summed E-state index contributed by atoms with van der Waals surface area (Å²) >= 11 is 0. The number of fused-ring (bicyclic) bond motifs is 1. The van der Waals surface area contributed by atoms with Crippen molar-refractivity contribution in [2.24, 2.45) is 17.8 Å². The number of hydrogen-bond acceptors (Lipinski definition) is 6. The van der Waals surface area contributed by atoms with E-state index in [1.165, 1.54) is 31.2 Å². The van der Waals surface area contributed by atoms with E-state index in [0.29, 0.717) is 18.4 Å². The van der Waals surface area contributed by atoms with Crippen molar-refractivity contribution in [3.8, 4) is 0 Å². The Hall–Kier alpha value is -3.88. The van der Waals surface area contributed by atoms with Gasteiger partial charge in [0.25, 0.3) is 23.4 Å². The molecule has 35 heavy (non-hydrogen) atoms. The predicted octanol–water partition coefficient (Wildman–Crippen LogP) is 3.95. The molecule has 1 aliphatic carbocycles. The van der Waals surface area contributed by atoms with E-state index in [2.05, 4.69) is 0 Å². The first-order valence-corrected chi connectivity index (χ1v) is 11.7. The van der Waals surface area contributed by atoms with Crippen LogP contribution in [0.1, 0.15) is 59.4 Å². The number of carbonyl (C=O) groups is 4. The van der Waals surface area contributed by atoms with Gasteiger partial charge in [-0.15, -0.1) is 0 Å². The number of benzene rings is 2. The van der Waals surface area contributed by atoms with Crippen molar-refractivity contribution in [3.63, 3.8) is 0 Å². The zero-order chi connectivity index (χ0) is 25.4. The maximum absolute atomic E-state index is 13.7. The predicted molar refractivity (Wildman–Crippen MR) is 126 cm³/mol. The van der Waals surface area contributed by atoms with Crippen LogP contribution >= 0.6 is 0 Å². The average Bonchev–Trinajstić information content (AvgIpc) is 3.08. The number of rotatable bonds is 6. The molecule has 2 aliphatic rings. The average molecular weight is 478 g/mol. The van der Waals surface area contributed by atoms with Crippen LogP contribution in [0.15, 0.2) is 48.5 Å². The Balaban J connectivity index is 1.74. The third kappa shape index (κ3) is 4.45. The number of hydrazine groups is 1. The smallest absolute Gasteiger partial charge is 0.273 e. The lowest BCUT2D eigenvalue weighted by atomic mass is 9.76. The fourth-order valence-corrected chi connectivity index (χ4v) is 4.95. The maximum Gasteiger partial charge on any atom is 0.273 e. The van der Waals surface area contributed by atoms with Gasteiger partial charge in [0.15, 0.2) is 5.78 Å². The van der Waals surface area contributed by atoms with Gasteiger partial charge < -0.3 is 0 Å². The number of aryl methyl sites for hydroxylation is 1. The zero-order valence-corrected chi connectivity index (χ0v) is 19.8. The van der Waals surface area contributed by atoms with Crippen LogP contribution in [0.25, 0.3) is 0 Å². The van der Waals surface area contributed by atoms with Gasteiger partial charge in [0, 0.05) is 23.3 Å². The lowest BCUT2D eigenvalue weighted by Gasteiger charge is -2.34. The van der Waals surface area contributed by atoms with E-state index in [9.17, 15) is 29.3 Å². The summed E-state index contributed by atoms with van der Waals surface area (Å²) in [6.07, 6.45) is 1.90. The molecule has 1 saturated heterocycles. The molecule has 0 aromatic heterocycles. The number of non-ortho nitro benzene ring substituents is 1. The minimum Gasteiger partial charge on any atom is -0.292 e. The first kappa shape index (κ1) is 24.3. The summed E-state index contributed by atoms with van der Waals surface area (Å²) in [5.74, 6) is -2.91. The first-order valence-electron chi connectivity index (χ1n) is 11.7. The lowest BCUT2D eigenvalue weighted by molar-refractivity contribution is -0.384. The second-order valence-electron chi connectivity index (χ2n) is 9.48. The van der Waals surface area contributed by atoms with Crippen molar-refractivity contribution in [1.82, 2.24) is 10.0 Å². The summed E-state index contributed by atoms with van der Waals surface area (Å²) in [5, 5.41) is 12.8. The molecule has 1 heterocycles. The molecule has 0 radical (unpaired) electrons. The van der Waals surface area contributed by atoms with Crippen LogP contribution in [0.4, 0.5) is 5.69 Å². The van der Waals surface area contributed by atoms with Gasteiger partial charge in [-0.3, -0.25) is 29.3 Å². The quantitative estimate of drug-likeness (QED) is 0.269. The molecule has 4 rings (SSSR count). The largest absolute Gasteiger partial charge is 0.292 e. The molecule has 1 saturated carbocycles. The molecule has 0 N–H and O–H groups in total. The standard InChI is InChI=1S/C26H27N3O6/c1-15-4-7-18(8-5-15)23(30)17(3)27(24(31)19-9-11-20(12-10-19)29(34)35)28-25(32)21-13-6-16(2)14-22(21)26(28)33/h4-5,7-12,16-17,21-22H,6,13-14H2,1-3H3/t16-,17+,21-,22+/m1/s1. The van der Waals surface area contributed by atoms with E-state index in [-0.39, 0.29) is 17.2 Å². The fourth-order valence-electron chi connectivity index (χ4n) is 4.95. The van der Waals surface area contributed by atoms with E-state index in [1.807, 2.05) is 13.8 Å². The highest BCUT2D eigenvalue weighted by Gasteiger charge is 2.54. The summed E-state index contributed by atoms with van der Waals surface area (Å²) in [6.45, 7) is 5.39. The molecule has 0 bridgehead atoms. The summed E-state index contributed by atoms with van der Waals surface area (Å²) in [4.78, 5) is 64.3. The third-order valence-corrected chi connectivity index (χ3v) is 7.00. The summed E-state index contributed by atoms with van der Waals surface area (Å²) in [5.41, 5.74) is 1.12. The maximum atomic E-state index is 13.7. The number of ketones is 1. The third-order valence-electron chi connectivity index (χ3n) is 7.00. The monoisotopic (exact) mass is 477 g/mol. The Kier molecular flexibility index (Phi) is 6.51. The first-order chi connectivity index (χ1) is 16.6. The van der Waals surface area contributed by atoms with Gasteiger partial charge in [-0.25, -0.2) is 5.01 Å². The second kappa shape index (κ2) is 9.40. The highest BCUT2D eigenvalue weighted by Crippen LogP contribution is 2.41. The van der Waals surface area contributed by atoms with E-state index < -0.39 is 46.3 Å². The normalized spacial score (nSPS) is 22.5. The number of imide groups is 1. The van der Waals surface area contributed by atoms with Crippen molar-refractivity contribution in [3.05, 3.63) is 75.3 Å². The Bertz CT molecular complexity index is 1190. The number of nitro benzene ring substituents is 1. The van der Waals surface area contributed by atoms with Gasteiger partial charge >= 0.3 is 0 Å². The van der Waals surface area contributed by atoms with Crippen molar-refractivity contribution in [2.75, 3.05) is 0 Å². The number of hydrogen-bond donors (Lipinski definition) is 0. The molecule has 1 aliphatic heterocycles. The molecule has 3 amide bonds. The molecular formula is C26H27N3O6. The van der Waals surface area contributed by atoms with Crippen molar-refractivity contribution in [2.45, 2.75) is 46.1 Å². The van der Waals surface area contributed by atoms with Crippen LogP contribution in [0.3, 0.4) is 0 Å². The SMILES string of the molecule is Cc1ccc(C(=O)[C@H](C)N(C(=O)c2ccc([N+](=O)[O-])cc2)N2C(=O)[C@H]3C[C@H](C)CC[C@H]3C2=O)cc1. The van der Waals surface area contributed by atoms with Gasteiger partial charge in [-0.2, -0.15) is 5.01 Å². The second-order valence-corrected chi connectivity index (χ2v) is 9.48. The van der Waals surface area contributed by atoms with Crippen molar-refractivity contribution < 1.29 is 24.1 Å². The van der Waals surface area contributed by atoms with Crippen LogP contribution in [0.2, 0.25) is 0 Å². The number of carbonyl (C=O) groups excluding carboxylic acids is 4. The number of Topliss-reactive ketones (excluding diaryl/α,β-unsaturated/α-hetero) is 1. The lowest BCUT2D eigenvalue weighted by Crippen LogP contribution is -2.56. The van der Waals surface area contributed by atoms with Crippen LogP contribution in [0.5, 0.6) is 0 Å². The van der Waals surface area contributed by atoms with Crippen LogP contribution in [0, 0.1) is 34.8 Å². The van der Waals surface area contributed by atoms with Gasteiger partial charge in [0.2, 0.25) is 0 Å². The summed E-state index contributed by atoms with van der Waals surface area (Å²) in [7, 11) is 0. The molecule has 9 nitrogen and oxygen atoms in total. The van der Waals surface area contributed by atoms with Crippen molar-refractivity contribution >= 4 is 29.2 Å². The zero-order valence-electron chi connectivity index (χ0n) is 19.8. The molecule has 9 heteroatoms. The number of nitro groups is 1. The van der Waals surface area contributed by atoms with Crippen LogP contribution in [-0.4, -0.2) is 44.5 Å². The highest BCUT2D eigenvalue weighted by atomic mass is 16.6. The van der Waals surface area contributed by atoms with E-state index in [0.717, 1.165) is 22.0 Å². The number of nitrogens with zero attached hydrogens (tertiary/aromatic N) is 3. The van der Waals surface area contributed by atoms with Crippen LogP contribution in [-0.2, 0) is 9.59 Å².